The number of carboxylic acid groups (broad SMARTS) is 1. The molecule has 4 rings (SSSR count). The van der Waals surface area contributed by atoms with Gasteiger partial charge in [0, 0.05) is 24.5 Å². The molecule has 1 aromatic heterocycles. The zero-order valence-electron chi connectivity index (χ0n) is 22.3. The highest BCUT2D eigenvalue weighted by Gasteiger charge is 2.40. The van der Waals surface area contributed by atoms with E-state index in [-0.39, 0.29) is 24.0 Å². The van der Waals surface area contributed by atoms with Gasteiger partial charge in [-0.15, -0.1) is 0 Å². The van der Waals surface area contributed by atoms with E-state index in [1.807, 2.05) is 23.6 Å². The number of carboxylic acids is 1. The Morgan fingerprint density at radius 3 is 2.21 bits per heavy atom. The Balaban J connectivity index is 1.72. The molecule has 39 heavy (non-hydrogen) atoms. The van der Waals surface area contributed by atoms with E-state index in [1.165, 1.54) is 9.80 Å². The number of hydrogen-bond acceptors (Lipinski definition) is 4. The number of rotatable bonds is 12. The van der Waals surface area contributed by atoms with Gasteiger partial charge < -0.3 is 9.67 Å². The normalized spacial score (nSPS) is 14.6. The number of nitrogens with zero attached hydrogens (tertiary/aromatic N) is 4. The van der Waals surface area contributed by atoms with Crippen molar-refractivity contribution in [1.29, 1.82) is 0 Å². The van der Waals surface area contributed by atoms with E-state index in [9.17, 15) is 19.5 Å². The first-order valence-corrected chi connectivity index (χ1v) is 13.7. The lowest BCUT2D eigenvalue weighted by Crippen LogP contribution is -2.33. The van der Waals surface area contributed by atoms with E-state index in [0.29, 0.717) is 29.5 Å². The fourth-order valence-corrected chi connectivity index (χ4v) is 4.63. The average molecular weight is 549 g/mol. The van der Waals surface area contributed by atoms with Crippen molar-refractivity contribution in [2.75, 3.05) is 6.54 Å². The minimum absolute atomic E-state index is 0.220. The number of aryl methyl sites for hydroxylation is 1. The molecule has 3 aromatic rings. The summed E-state index contributed by atoms with van der Waals surface area (Å²) in [5.41, 5.74) is 3.00. The van der Waals surface area contributed by atoms with Crippen LogP contribution in [0.2, 0.25) is 5.02 Å². The molecule has 1 N–H and O–H groups in total. The van der Waals surface area contributed by atoms with Crippen molar-refractivity contribution in [3.8, 4) is 0 Å². The zero-order chi connectivity index (χ0) is 27.9. The molecule has 1 fully saturated rings. The molecule has 0 bridgehead atoms. The molecule has 2 heterocycles. The zero-order valence-corrected chi connectivity index (χ0v) is 23.0. The molecule has 0 radical (unpaired) electrons. The Bertz CT molecular complexity index is 1360. The van der Waals surface area contributed by atoms with Crippen LogP contribution in [-0.2, 0) is 24.3 Å². The van der Waals surface area contributed by atoms with Gasteiger partial charge in [0.15, 0.2) is 0 Å². The van der Waals surface area contributed by atoms with Crippen molar-refractivity contribution in [3.05, 3.63) is 93.7 Å². The highest BCUT2D eigenvalue weighted by Crippen LogP contribution is 2.27. The molecule has 204 valence electrons. The van der Waals surface area contributed by atoms with Gasteiger partial charge in [0.1, 0.15) is 11.5 Å². The molecule has 0 unspecified atom stereocenters. The second-order valence-electron chi connectivity index (χ2n) is 9.63. The summed E-state index contributed by atoms with van der Waals surface area (Å²) in [6.07, 6.45) is 7.79. The van der Waals surface area contributed by atoms with Gasteiger partial charge in [0.05, 0.1) is 24.0 Å². The number of halogens is 1. The second-order valence-corrected chi connectivity index (χ2v) is 10.1. The van der Waals surface area contributed by atoms with Crippen LogP contribution in [0.3, 0.4) is 0 Å². The van der Waals surface area contributed by atoms with Crippen LogP contribution in [0, 0.1) is 0 Å². The Morgan fingerprint density at radius 1 is 0.923 bits per heavy atom. The van der Waals surface area contributed by atoms with Crippen molar-refractivity contribution in [1.82, 2.24) is 19.4 Å². The van der Waals surface area contributed by atoms with E-state index < -0.39 is 5.97 Å². The predicted octanol–water partition coefficient (Wildman–Crippen LogP) is 6.23. The van der Waals surface area contributed by atoms with Crippen molar-refractivity contribution in [2.45, 2.75) is 59.0 Å². The number of urea groups is 1. The number of imide groups is 1. The summed E-state index contributed by atoms with van der Waals surface area (Å²) < 4.78 is 2.03. The summed E-state index contributed by atoms with van der Waals surface area (Å²) >= 11 is 6.05. The molecule has 0 atom stereocenters. The maximum atomic E-state index is 13.5. The number of carbonyl (C=O) groups is 3. The van der Waals surface area contributed by atoms with Crippen LogP contribution in [0.25, 0.3) is 6.08 Å². The Hall–Kier alpha value is -3.91. The number of amides is 3. The van der Waals surface area contributed by atoms with E-state index in [2.05, 4.69) is 11.9 Å². The third-order valence-corrected chi connectivity index (χ3v) is 7.01. The lowest BCUT2D eigenvalue weighted by atomic mass is 10.1. The quantitative estimate of drug-likeness (QED) is 0.214. The summed E-state index contributed by atoms with van der Waals surface area (Å²) in [5.74, 6) is -0.429. The van der Waals surface area contributed by atoms with Gasteiger partial charge in [-0.2, -0.15) is 0 Å². The first-order valence-electron chi connectivity index (χ1n) is 13.3. The van der Waals surface area contributed by atoms with Gasteiger partial charge in [0.2, 0.25) is 0 Å². The molecular formula is C30H33ClN4O4. The molecule has 1 aliphatic heterocycles. The van der Waals surface area contributed by atoms with Crippen LogP contribution in [0.4, 0.5) is 4.79 Å². The smallest absolute Gasteiger partial charge is 0.335 e. The van der Waals surface area contributed by atoms with Gasteiger partial charge in [-0.25, -0.2) is 14.6 Å². The number of hydrogen-bond donors (Lipinski definition) is 1. The first kappa shape index (κ1) is 28.1. The molecule has 3 amide bonds. The molecule has 0 aliphatic carbocycles. The SMILES string of the molecule is CCCCc1ncc(/C=C2/C(=O)N(CCCC)C(=O)N2Cc2ccc(Cl)cc2)n1Cc1ccc(C(=O)O)cc1. The highest BCUT2D eigenvalue weighted by molar-refractivity contribution is 6.30. The van der Waals surface area contributed by atoms with Crippen molar-refractivity contribution >= 4 is 35.6 Å². The van der Waals surface area contributed by atoms with Crippen molar-refractivity contribution < 1.29 is 19.5 Å². The monoisotopic (exact) mass is 548 g/mol. The van der Waals surface area contributed by atoms with Crippen LogP contribution in [0.1, 0.15) is 72.5 Å². The maximum Gasteiger partial charge on any atom is 0.335 e. The number of imidazole rings is 1. The van der Waals surface area contributed by atoms with Crippen LogP contribution >= 0.6 is 11.6 Å². The highest BCUT2D eigenvalue weighted by atomic mass is 35.5. The fraction of sp³-hybridized carbons (Fsp3) is 0.333. The van der Waals surface area contributed by atoms with E-state index in [0.717, 1.165) is 49.1 Å². The third kappa shape index (κ3) is 6.57. The van der Waals surface area contributed by atoms with E-state index in [4.69, 9.17) is 11.6 Å². The minimum Gasteiger partial charge on any atom is -0.478 e. The number of unbranched alkanes of at least 4 members (excludes halogenated alkanes) is 2. The van der Waals surface area contributed by atoms with E-state index >= 15 is 0 Å². The molecule has 0 saturated carbocycles. The lowest BCUT2D eigenvalue weighted by Gasteiger charge is -2.18. The Labute approximate surface area is 233 Å². The number of aromatic nitrogens is 2. The molecule has 2 aromatic carbocycles. The lowest BCUT2D eigenvalue weighted by molar-refractivity contribution is -0.123. The largest absolute Gasteiger partial charge is 0.478 e. The number of aromatic carboxylic acids is 1. The van der Waals surface area contributed by atoms with Gasteiger partial charge >= 0.3 is 12.0 Å². The summed E-state index contributed by atoms with van der Waals surface area (Å²) in [7, 11) is 0. The standard InChI is InChI=1S/C30H33ClN4O4/c1-3-5-7-27-32-18-25(34(27)19-21-8-12-23(13-9-21)29(37)38)17-26-28(36)33(16-6-4-2)30(39)35(26)20-22-10-14-24(31)15-11-22/h8-15,17-18H,3-7,16,19-20H2,1-2H3,(H,37,38)/b26-17-. The van der Waals surface area contributed by atoms with Gasteiger partial charge in [0.25, 0.3) is 5.91 Å². The van der Waals surface area contributed by atoms with Gasteiger partial charge in [-0.1, -0.05) is 62.6 Å². The predicted molar refractivity (Wildman–Crippen MR) is 150 cm³/mol. The Morgan fingerprint density at radius 2 is 1.56 bits per heavy atom. The van der Waals surface area contributed by atoms with Crippen molar-refractivity contribution in [3.63, 3.8) is 0 Å². The van der Waals surface area contributed by atoms with Crippen LogP contribution in [0.5, 0.6) is 0 Å². The number of carbonyl (C=O) groups excluding carboxylic acids is 2. The molecular weight excluding hydrogens is 516 g/mol. The Kier molecular flexibility index (Phi) is 9.19. The molecule has 0 spiro atoms. The molecule has 8 nitrogen and oxygen atoms in total. The van der Waals surface area contributed by atoms with Gasteiger partial charge in [-0.05, 0) is 54.3 Å². The van der Waals surface area contributed by atoms with Crippen LogP contribution < -0.4 is 0 Å². The van der Waals surface area contributed by atoms with Gasteiger partial charge in [-0.3, -0.25) is 14.6 Å². The molecule has 9 heteroatoms. The number of benzene rings is 2. The summed E-state index contributed by atoms with van der Waals surface area (Å²) in [5, 5.41) is 9.85. The minimum atomic E-state index is -0.976. The molecule has 1 aliphatic rings. The van der Waals surface area contributed by atoms with Crippen molar-refractivity contribution in [2.24, 2.45) is 0 Å². The topological polar surface area (TPSA) is 95.7 Å². The second kappa shape index (κ2) is 12.8. The summed E-state index contributed by atoms with van der Waals surface area (Å²) in [4.78, 5) is 45.7. The summed E-state index contributed by atoms with van der Waals surface area (Å²) in [6.45, 7) is 5.19. The van der Waals surface area contributed by atoms with E-state index in [1.54, 1.807) is 48.7 Å². The van der Waals surface area contributed by atoms with Crippen LogP contribution in [-0.4, -0.2) is 48.9 Å². The third-order valence-electron chi connectivity index (χ3n) is 6.76. The summed E-state index contributed by atoms with van der Waals surface area (Å²) in [6, 6.07) is 13.6. The average Bonchev–Trinajstić information content (AvgIpc) is 3.40. The fourth-order valence-electron chi connectivity index (χ4n) is 4.50. The molecule has 1 saturated heterocycles. The van der Waals surface area contributed by atoms with Crippen LogP contribution in [0.15, 0.2) is 60.4 Å². The maximum absolute atomic E-state index is 13.5. The first-order chi connectivity index (χ1) is 18.8.